The molecule has 2 atom stereocenters. The van der Waals surface area contributed by atoms with Crippen molar-refractivity contribution in [3.05, 3.63) is 40.8 Å². The lowest BCUT2D eigenvalue weighted by molar-refractivity contribution is -0.147. The van der Waals surface area contributed by atoms with Crippen LogP contribution in [0.2, 0.25) is 0 Å². The number of nitrogens with one attached hydrogen (secondary N) is 1. The van der Waals surface area contributed by atoms with Crippen LogP contribution in [0, 0.1) is 11.8 Å². The van der Waals surface area contributed by atoms with Crippen LogP contribution in [0.1, 0.15) is 93.5 Å². The van der Waals surface area contributed by atoms with Gasteiger partial charge in [-0.15, -0.1) is 11.3 Å². The molecule has 2 aromatic rings. The average Bonchev–Trinajstić information content (AvgIpc) is 3.27. The van der Waals surface area contributed by atoms with E-state index in [1.54, 1.807) is 13.8 Å². The molecule has 35 heavy (non-hydrogen) atoms. The van der Waals surface area contributed by atoms with Crippen LogP contribution in [0.3, 0.4) is 0 Å². The fraction of sp³-hybridized carbons (Fsp3) is 0.536. The van der Waals surface area contributed by atoms with Gasteiger partial charge in [0.25, 0.3) is 0 Å². The fourth-order valence-corrected chi connectivity index (χ4v) is 6.41. The minimum Gasteiger partial charge on any atom is -0.481 e. The lowest BCUT2D eigenvalue weighted by atomic mass is 9.78. The first-order valence-corrected chi connectivity index (χ1v) is 13.7. The van der Waals surface area contributed by atoms with Gasteiger partial charge in [-0.2, -0.15) is 0 Å². The first kappa shape index (κ1) is 25.4. The van der Waals surface area contributed by atoms with Crippen molar-refractivity contribution in [2.24, 2.45) is 11.8 Å². The molecule has 1 heterocycles. The molecule has 2 fully saturated rings. The van der Waals surface area contributed by atoms with Crippen molar-refractivity contribution in [2.45, 2.75) is 83.7 Å². The van der Waals surface area contributed by atoms with Crippen LogP contribution in [0.25, 0.3) is 11.1 Å². The normalized spacial score (nSPS) is 21.0. The van der Waals surface area contributed by atoms with Crippen molar-refractivity contribution in [2.75, 3.05) is 5.32 Å². The summed E-state index contributed by atoms with van der Waals surface area (Å²) < 4.78 is 5.53. The third-order valence-corrected chi connectivity index (χ3v) is 8.19. The number of carboxylic acid groups (broad SMARTS) is 1. The minimum absolute atomic E-state index is 0.304. The molecule has 2 unspecified atom stereocenters. The summed E-state index contributed by atoms with van der Waals surface area (Å²) in [6, 6.07) is 8.40. The van der Waals surface area contributed by atoms with Gasteiger partial charge in [0.2, 0.25) is 5.91 Å². The van der Waals surface area contributed by atoms with Crippen LogP contribution in [0.15, 0.2) is 29.6 Å². The summed E-state index contributed by atoms with van der Waals surface area (Å²) in [5.41, 5.74) is 3.30. The molecule has 1 aromatic carbocycles. The molecule has 2 aliphatic rings. The maximum absolute atomic E-state index is 13.1. The standard InChI is InChI=1S/C28H35NO5S/c1-17(2)34-28(33)24-23(20-14-12-19(13-15-20)18-8-4-3-5-9-18)16-35-26(24)29-25(30)21-10-6-7-11-22(21)27(31)32/h12-18,21-22H,3-11H2,1-2H3,(H,29,30)(H,31,32). The van der Waals surface area contributed by atoms with Gasteiger partial charge in [0.05, 0.1) is 17.9 Å². The summed E-state index contributed by atoms with van der Waals surface area (Å²) in [5, 5.41) is 14.8. The summed E-state index contributed by atoms with van der Waals surface area (Å²) in [4.78, 5) is 37.9. The molecular weight excluding hydrogens is 462 g/mol. The van der Waals surface area contributed by atoms with E-state index in [0.29, 0.717) is 29.3 Å². The smallest absolute Gasteiger partial charge is 0.342 e. The third-order valence-electron chi connectivity index (χ3n) is 7.29. The van der Waals surface area contributed by atoms with E-state index in [1.807, 2.05) is 17.5 Å². The van der Waals surface area contributed by atoms with Gasteiger partial charge in [0, 0.05) is 10.9 Å². The van der Waals surface area contributed by atoms with Crippen molar-refractivity contribution in [1.82, 2.24) is 0 Å². The van der Waals surface area contributed by atoms with Gasteiger partial charge in [-0.25, -0.2) is 4.79 Å². The number of benzene rings is 1. The number of hydrogen-bond donors (Lipinski definition) is 2. The number of rotatable bonds is 7. The Morgan fingerprint density at radius 3 is 2.20 bits per heavy atom. The summed E-state index contributed by atoms with van der Waals surface area (Å²) in [7, 11) is 0. The number of ether oxygens (including phenoxy) is 1. The Labute approximate surface area is 211 Å². The van der Waals surface area contributed by atoms with Crippen LogP contribution >= 0.6 is 11.3 Å². The van der Waals surface area contributed by atoms with Gasteiger partial charge in [0.15, 0.2) is 0 Å². The Morgan fingerprint density at radius 1 is 0.943 bits per heavy atom. The van der Waals surface area contributed by atoms with Crippen LogP contribution in [0.5, 0.6) is 0 Å². The highest BCUT2D eigenvalue weighted by Gasteiger charge is 2.36. The largest absolute Gasteiger partial charge is 0.481 e. The van der Waals surface area contributed by atoms with E-state index in [4.69, 9.17) is 4.74 Å². The van der Waals surface area contributed by atoms with Gasteiger partial charge in [-0.1, -0.05) is 56.4 Å². The van der Waals surface area contributed by atoms with Gasteiger partial charge in [0.1, 0.15) is 10.6 Å². The molecule has 0 saturated heterocycles. The van der Waals surface area contributed by atoms with Crippen molar-refractivity contribution in [3.63, 3.8) is 0 Å². The van der Waals surface area contributed by atoms with E-state index in [1.165, 1.54) is 49.0 Å². The molecule has 6 nitrogen and oxygen atoms in total. The van der Waals surface area contributed by atoms with Crippen molar-refractivity contribution < 1.29 is 24.2 Å². The molecule has 2 aliphatic carbocycles. The summed E-state index contributed by atoms with van der Waals surface area (Å²) in [6.45, 7) is 3.58. The highest BCUT2D eigenvalue weighted by atomic mass is 32.1. The molecule has 0 bridgehead atoms. The van der Waals surface area contributed by atoms with E-state index >= 15 is 0 Å². The number of hydrogen-bond acceptors (Lipinski definition) is 5. The molecular formula is C28H35NO5S. The highest BCUT2D eigenvalue weighted by molar-refractivity contribution is 7.15. The molecule has 0 aliphatic heterocycles. The number of carbonyl (C=O) groups is 3. The van der Waals surface area contributed by atoms with Crippen molar-refractivity contribution in [3.8, 4) is 11.1 Å². The van der Waals surface area contributed by atoms with Gasteiger partial charge in [-0.3, -0.25) is 9.59 Å². The lowest BCUT2D eigenvalue weighted by Crippen LogP contribution is -2.36. The highest BCUT2D eigenvalue weighted by Crippen LogP contribution is 2.39. The number of carboxylic acids is 1. The summed E-state index contributed by atoms with van der Waals surface area (Å²) >= 11 is 1.28. The lowest BCUT2D eigenvalue weighted by Gasteiger charge is -2.27. The Bertz CT molecular complexity index is 1050. The zero-order valence-corrected chi connectivity index (χ0v) is 21.4. The number of carbonyl (C=O) groups excluding carboxylic acids is 2. The van der Waals surface area contributed by atoms with Crippen LogP contribution in [-0.4, -0.2) is 29.1 Å². The van der Waals surface area contributed by atoms with Crippen molar-refractivity contribution >= 4 is 34.2 Å². The van der Waals surface area contributed by atoms with E-state index in [9.17, 15) is 19.5 Å². The first-order chi connectivity index (χ1) is 16.8. The summed E-state index contributed by atoms with van der Waals surface area (Å²) in [6.07, 6.45) is 8.67. The van der Waals surface area contributed by atoms with Crippen molar-refractivity contribution in [1.29, 1.82) is 0 Å². The number of amides is 1. The topological polar surface area (TPSA) is 92.7 Å². The van der Waals surface area contributed by atoms with Gasteiger partial charge >= 0.3 is 11.9 Å². The van der Waals surface area contributed by atoms with E-state index in [0.717, 1.165) is 24.0 Å². The minimum atomic E-state index is -0.936. The maximum atomic E-state index is 13.1. The van der Waals surface area contributed by atoms with E-state index in [2.05, 4.69) is 17.4 Å². The Balaban J connectivity index is 1.61. The quantitative estimate of drug-likeness (QED) is 0.408. The molecule has 188 valence electrons. The number of aliphatic carboxylic acids is 1. The zero-order chi connectivity index (χ0) is 24.9. The Morgan fingerprint density at radius 2 is 1.57 bits per heavy atom. The number of thiophene rings is 1. The number of anilines is 1. The van der Waals surface area contributed by atoms with Crippen LogP contribution < -0.4 is 5.32 Å². The molecule has 0 radical (unpaired) electrons. The summed E-state index contributed by atoms with van der Waals surface area (Å²) in [5.74, 6) is -2.46. The second kappa shape index (κ2) is 11.4. The fourth-order valence-electron chi connectivity index (χ4n) is 5.45. The SMILES string of the molecule is CC(C)OC(=O)c1c(-c2ccc(C3CCCCC3)cc2)csc1NC(=O)C1CCCCC1C(=O)O. The molecule has 7 heteroatoms. The first-order valence-electron chi connectivity index (χ1n) is 12.8. The predicted molar refractivity (Wildman–Crippen MR) is 138 cm³/mol. The molecule has 1 amide bonds. The monoisotopic (exact) mass is 497 g/mol. The number of esters is 1. The molecule has 2 saturated carbocycles. The average molecular weight is 498 g/mol. The van der Waals surface area contributed by atoms with Gasteiger partial charge < -0.3 is 15.2 Å². The zero-order valence-electron chi connectivity index (χ0n) is 20.5. The van der Waals surface area contributed by atoms with Gasteiger partial charge in [-0.05, 0) is 56.6 Å². The molecule has 1 aromatic heterocycles. The second-order valence-corrected chi connectivity index (χ2v) is 11.0. The molecule has 0 spiro atoms. The van der Waals surface area contributed by atoms with Crippen LogP contribution in [0.4, 0.5) is 5.00 Å². The molecule has 2 N–H and O–H groups in total. The van der Waals surface area contributed by atoms with Crippen LogP contribution in [-0.2, 0) is 14.3 Å². The third kappa shape index (κ3) is 5.95. The second-order valence-electron chi connectivity index (χ2n) is 10.1. The molecule has 4 rings (SSSR count). The van der Waals surface area contributed by atoms with E-state index < -0.39 is 23.8 Å². The maximum Gasteiger partial charge on any atom is 0.342 e. The van der Waals surface area contributed by atoms with E-state index in [-0.39, 0.29) is 12.0 Å². The Hall–Kier alpha value is -2.67. The predicted octanol–water partition coefficient (Wildman–Crippen LogP) is 6.86. The Kier molecular flexibility index (Phi) is 8.26.